The fraction of sp³-hybridized carbons (Fsp3) is 0. The van der Waals surface area contributed by atoms with Crippen LogP contribution >= 0.6 is 0 Å². The summed E-state index contributed by atoms with van der Waals surface area (Å²) in [6, 6.07) is 18.7. The second-order valence-corrected chi connectivity index (χ2v) is 3.06. The van der Waals surface area contributed by atoms with Crippen molar-refractivity contribution >= 4 is 38.7 Å². The third-order valence-corrected chi connectivity index (χ3v) is 2.08. The number of anilines is 2. The van der Waals surface area contributed by atoms with Crippen LogP contribution in [0.15, 0.2) is 65.9 Å². The molecule has 0 bridgehead atoms. The summed E-state index contributed by atoms with van der Waals surface area (Å²) < 4.78 is 0. The van der Waals surface area contributed by atoms with Gasteiger partial charge in [-0.25, -0.2) is 0 Å². The predicted octanol–water partition coefficient (Wildman–Crippen LogP) is 2.59. The molecule has 2 aromatic carbocycles. The van der Waals surface area contributed by atoms with E-state index in [1.807, 2.05) is 60.7 Å². The molecule has 0 aromatic heterocycles. The molecule has 80 valence electrons. The van der Waals surface area contributed by atoms with Crippen LogP contribution in [0.4, 0.5) is 11.4 Å². The van der Waals surface area contributed by atoms with E-state index >= 15 is 0 Å². The van der Waals surface area contributed by atoms with Crippen molar-refractivity contribution in [1.29, 1.82) is 0 Å². The molecule has 0 heterocycles. The maximum atomic E-state index is 10.8. The molecule has 0 atom stereocenters. The summed E-state index contributed by atoms with van der Waals surface area (Å²) in [5.41, 5.74) is 1.53. The van der Waals surface area contributed by atoms with Crippen LogP contribution < -0.4 is 5.01 Å². The van der Waals surface area contributed by atoms with Gasteiger partial charge in [-0.2, -0.15) is 5.01 Å². The Hall–Kier alpha value is -1.24. The number of rotatable bonds is 3. The summed E-state index contributed by atoms with van der Waals surface area (Å²) in [5, 5.41) is 4.37. The summed E-state index contributed by atoms with van der Waals surface area (Å²) in [7, 11) is 0. The zero-order valence-electron chi connectivity index (χ0n) is 8.78. The minimum atomic E-state index is 0. The first-order chi connectivity index (χ1) is 7.42. The molecule has 2 aromatic rings. The van der Waals surface area contributed by atoms with Gasteiger partial charge in [0.05, 0.1) is 16.7 Å². The first-order valence-electron chi connectivity index (χ1n) is 4.65. The Morgan fingerprint density at radius 3 is 1.44 bits per heavy atom. The zero-order valence-corrected chi connectivity index (χ0v) is 14.3. The van der Waals surface area contributed by atoms with Crippen LogP contribution in [-0.2, 0) is 0 Å². The number of benzene rings is 2. The summed E-state index contributed by atoms with van der Waals surface area (Å²) >= 11 is 0. The molecule has 3 nitrogen and oxygen atoms in total. The number of nitrogens with zero attached hydrogens (tertiary/aromatic N) is 2. The van der Waals surface area contributed by atoms with Gasteiger partial charge >= 0.3 is 27.3 Å². The molecule has 0 spiro atoms. The number of hydrogen-bond acceptors (Lipinski definition) is 2. The van der Waals surface area contributed by atoms with E-state index in [9.17, 15) is 4.91 Å². The Morgan fingerprint density at radius 2 is 1.12 bits per heavy atom. The molecule has 0 fully saturated rings. The second-order valence-electron chi connectivity index (χ2n) is 3.06. The van der Waals surface area contributed by atoms with Crippen LogP contribution in [-0.4, -0.2) is 27.3 Å². The molecule has 2 radical (unpaired) electrons. The molecule has 16 heavy (non-hydrogen) atoms. The van der Waals surface area contributed by atoms with E-state index in [0.29, 0.717) is 0 Å². The van der Waals surface area contributed by atoms with Crippen LogP contribution in [0.5, 0.6) is 0 Å². The van der Waals surface area contributed by atoms with Crippen molar-refractivity contribution in [3.05, 3.63) is 65.6 Å². The van der Waals surface area contributed by atoms with Gasteiger partial charge in [-0.1, -0.05) is 36.4 Å². The summed E-state index contributed by atoms with van der Waals surface area (Å²) in [4.78, 5) is 10.8. The van der Waals surface area contributed by atoms with Crippen molar-refractivity contribution < 1.29 is 0 Å². The molecule has 0 unspecified atom stereocenters. The van der Waals surface area contributed by atoms with Crippen LogP contribution in [0.1, 0.15) is 0 Å². The number of para-hydroxylation sites is 2. The second kappa shape index (κ2) is 6.37. The number of hydrogen-bond donors (Lipinski definition) is 0. The van der Waals surface area contributed by atoms with Gasteiger partial charge in [0.2, 0.25) is 0 Å². The Bertz CT molecular complexity index is 394. The van der Waals surface area contributed by atoms with Gasteiger partial charge in [0.25, 0.3) is 0 Å². The predicted molar refractivity (Wildman–Crippen MR) is 69.4 cm³/mol. The molecule has 0 amide bonds. The van der Waals surface area contributed by atoms with Crippen LogP contribution in [0.3, 0.4) is 0 Å². The van der Waals surface area contributed by atoms with Crippen molar-refractivity contribution in [2.75, 3.05) is 5.01 Å². The van der Waals surface area contributed by atoms with Crippen molar-refractivity contribution in [3.63, 3.8) is 0 Å². The van der Waals surface area contributed by atoms with Gasteiger partial charge in [-0.3, -0.25) is 0 Å². The molecule has 4 heteroatoms. The molecule has 0 N–H and O–H groups in total. The van der Waals surface area contributed by atoms with E-state index in [1.54, 1.807) is 0 Å². The maximum absolute atomic E-state index is 10.8. The average Bonchev–Trinajstić information content (AvgIpc) is 2.33. The monoisotopic (exact) mass is 408 g/mol. The van der Waals surface area contributed by atoms with E-state index in [1.165, 1.54) is 5.01 Å². The van der Waals surface area contributed by atoms with Crippen LogP contribution in [0.2, 0.25) is 0 Å². The first kappa shape index (κ1) is 12.8. The van der Waals surface area contributed by atoms with E-state index < -0.39 is 0 Å². The van der Waals surface area contributed by atoms with Gasteiger partial charge in [-0.05, 0) is 24.3 Å². The average molecular weight is 407 g/mol. The van der Waals surface area contributed by atoms with Crippen LogP contribution in [0, 0.1) is 4.91 Å². The molecule has 2 rings (SSSR count). The first-order valence-corrected chi connectivity index (χ1v) is 4.65. The molecular weight excluding hydrogens is 395 g/mol. The summed E-state index contributed by atoms with van der Waals surface area (Å²) in [6.07, 6.45) is 0. The van der Waals surface area contributed by atoms with Crippen molar-refractivity contribution in [2.45, 2.75) is 0 Å². The van der Waals surface area contributed by atoms with Gasteiger partial charge in [-0.15, -0.1) is 4.91 Å². The zero-order chi connectivity index (χ0) is 10.5. The normalized spacial score (nSPS) is 9.00. The Kier molecular flexibility index (Phi) is 5.11. The molecule has 0 aliphatic heterocycles. The van der Waals surface area contributed by atoms with Gasteiger partial charge in [0.15, 0.2) is 0 Å². The van der Waals surface area contributed by atoms with E-state index in [4.69, 9.17) is 0 Å². The molecule has 0 aliphatic carbocycles. The fourth-order valence-corrected chi connectivity index (χ4v) is 1.38. The SMILES string of the molecule is O=NN(c1ccccc1)c1ccccc1.[PbH2]. The van der Waals surface area contributed by atoms with E-state index in [-0.39, 0.29) is 27.3 Å². The standard InChI is InChI=1S/C12H10N2O.Pb.2H/c15-13-14(11-7-3-1-4-8-11)12-9-5-2-6-10-12;;;/h1-10H;;;. The quantitative estimate of drug-likeness (QED) is 0.445. The topological polar surface area (TPSA) is 32.7 Å². The molecule has 0 saturated heterocycles. The van der Waals surface area contributed by atoms with Crippen molar-refractivity contribution in [2.24, 2.45) is 5.29 Å². The van der Waals surface area contributed by atoms with Gasteiger partial charge in [0.1, 0.15) is 0 Å². The molecular formula is C12H12N2OPb. The third kappa shape index (κ3) is 2.88. The van der Waals surface area contributed by atoms with Crippen molar-refractivity contribution in [1.82, 2.24) is 0 Å². The molecule has 0 saturated carbocycles. The fourth-order valence-electron chi connectivity index (χ4n) is 1.38. The van der Waals surface area contributed by atoms with Crippen molar-refractivity contribution in [3.8, 4) is 0 Å². The Balaban J connectivity index is 0.00000128. The minimum absolute atomic E-state index is 0. The molecule has 0 aliphatic rings. The summed E-state index contributed by atoms with van der Waals surface area (Å²) in [5.74, 6) is 0. The van der Waals surface area contributed by atoms with Gasteiger partial charge < -0.3 is 0 Å². The number of nitroso groups, excluding NO2 is 1. The summed E-state index contributed by atoms with van der Waals surface area (Å²) in [6.45, 7) is 0. The van der Waals surface area contributed by atoms with E-state index in [2.05, 4.69) is 5.29 Å². The third-order valence-electron chi connectivity index (χ3n) is 2.08. The van der Waals surface area contributed by atoms with Gasteiger partial charge in [0, 0.05) is 0 Å². The van der Waals surface area contributed by atoms with Crippen LogP contribution in [0.25, 0.3) is 0 Å². The van der Waals surface area contributed by atoms with E-state index in [0.717, 1.165) is 11.4 Å². The Morgan fingerprint density at radius 1 is 0.750 bits per heavy atom. The Labute approximate surface area is 114 Å².